The first-order valence-corrected chi connectivity index (χ1v) is 16.2. The molecule has 1 aromatic heterocycles. The number of benzene rings is 2. The van der Waals surface area contributed by atoms with E-state index in [1.807, 2.05) is 35.0 Å². The lowest BCUT2D eigenvalue weighted by molar-refractivity contribution is -0.138. The van der Waals surface area contributed by atoms with E-state index in [2.05, 4.69) is 0 Å². The highest BCUT2D eigenvalue weighted by Crippen LogP contribution is 2.32. The molecule has 0 unspecified atom stereocenters. The van der Waals surface area contributed by atoms with Crippen molar-refractivity contribution in [3.05, 3.63) is 69.9 Å². The summed E-state index contributed by atoms with van der Waals surface area (Å²) in [6, 6.07) is 12.8. The minimum absolute atomic E-state index is 0.00722. The first kappa shape index (κ1) is 33.9. The van der Waals surface area contributed by atoms with E-state index in [1.54, 1.807) is 18.2 Å². The molecule has 1 fully saturated rings. The summed E-state index contributed by atoms with van der Waals surface area (Å²) in [6.45, 7) is 0.133. The number of aliphatic carboxylic acids is 2. The van der Waals surface area contributed by atoms with Gasteiger partial charge in [0.2, 0.25) is 0 Å². The van der Waals surface area contributed by atoms with Gasteiger partial charge >= 0.3 is 11.9 Å². The lowest BCUT2D eigenvalue weighted by Gasteiger charge is -2.18. The third kappa shape index (κ3) is 10.6. The molecule has 0 aliphatic carbocycles. The highest BCUT2D eigenvalue weighted by Gasteiger charge is 2.40. The van der Waals surface area contributed by atoms with E-state index in [0.717, 1.165) is 54.4 Å². The van der Waals surface area contributed by atoms with Gasteiger partial charge in [-0.1, -0.05) is 25.0 Å². The number of hydrogen-bond acceptors (Lipinski definition) is 6. The standard InChI is InChI=1S/C34H39F2NO7S/c35-34(36)14-15-37(23-34)33(42)27-19-26(25-13-18-45-22-25)20-28(21-27)43-16-4-2-1-3-7-24-8-5-9-30(29(24)11-12-32(40)41)44-17-6-10-31(38)39/h5,8-9,13,18-22H,1-4,6-7,10-12,14-17,23H2,(H,38,39)(H,40,41). The molecule has 1 aliphatic rings. The number of hydrogen-bond donors (Lipinski definition) is 2. The molecule has 45 heavy (non-hydrogen) atoms. The van der Waals surface area contributed by atoms with Gasteiger partial charge in [-0.15, -0.1) is 0 Å². The number of carbonyl (C=O) groups excluding carboxylic acids is 1. The number of ether oxygens (including phenoxy) is 2. The van der Waals surface area contributed by atoms with Crippen molar-refractivity contribution in [3.63, 3.8) is 0 Å². The van der Waals surface area contributed by atoms with Crippen LogP contribution in [0.2, 0.25) is 0 Å². The molecule has 2 N–H and O–H groups in total. The molecule has 1 amide bonds. The minimum Gasteiger partial charge on any atom is -0.494 e. The van der Waals surface area contributed by atoms with Crippen molar-refractivity contribution in [1.82, 2.24) is 4.90 Å². The predicted molar refractivity (Wildman–Crippen MR) is 168 cm³/mol. The van der Waals surface area contributed by atoms with Gasteiger partial charge < -0.3 is 24.6 Å². The van der Waals surface area contributed by atoms with Gasteiger partial charge in [-0.3, -0.25) is 14.4 Å². The first-order valence-electron chi connectivity index (χ1n) is 15.3. The topological polar surface area (TPSA) is 113 Å². The lowest BCUT2D eigenvalue weighted by Crippen LogP contribution is -2.31. The number of likely N-dealkylation sites (tertiary alicyclic amines) is 1. The van der Waals surface area contributed by atoms with Crippen molar-refractivity contribution in [1.29, 1.82) is 0 Å². The molecule has 0 saturated carbocycles. The quantitative estimate of drug-likeness (QED) is 0.140. The molecule has 242 valence electrons. The number of carboxylic acid groups (broad SMARTS) is 2. The molecule has 1 aliphatic heterocycles. The van der Waals surface area contributed by atoms with Gasteiger partial charge in [-0.25, -0.2) is 8.78 Å². The Labute approximate surface area is 265 Å². The van der Waals surface area contributed by atoms with E-state index in [4.69, 9.17) is 14.6 Å². The maximum absolute atomic E-state index is 13.8. The molecule has 0 atom stereocenters. The molecule has 0 radical (unpaired) electrons. The number of rotatable bonds is 18. The van der Waals surface area contributed by atoms with Crippen LogP contribution < -0.4 is 9.47 Å². The zero-order chi connectivity index (χ0) is 32.2. The molecule has 0 bridgehead atoms. The maximum Gasteiger partial charge on any atom is 0.303 e. The van der Waals surface area contributed by atoms with E-state index in [0.29, 0.717) is 36.5 Å². The average Bonchev–Trinajstić information content (AvgIpc) is 3.67. The second-order valence-electron chi connectivity index (χ2n) is 11.2. The summed E-state index contributed by atoms with van der Waals surface area (Å²) in [6.07, 6.45) is 4.60. The lowest BCUT2D eigenvalue weighted by atomic mass is 9.97. The zero-order valence-electron chi connectivity index (χ0n) is 25.1. The summed E-state index contributed by atoms with van der Waals surface area (Å²) in [5.74, 6) is -3.93. The Bertz CT molecular complexity index is 1440. The van der Waals surface area contributed by atoms with Crippen LogP contribution in [0.25, 0.3) is 11.1 Å². The van der Waals surface area contributed by atoms with Crippen molar-refractivity contribution in [2.75, 3.05) is 26.3 Å². The number of alkyl halides is 2. The Hall–Kier alpha value is -3.99. The number of thiophene rings is 1. The molecule has 2 heterocycles. The highest BCUT2D eigenvalue weighted by atomic mass is 32.1. The largest absolute Gasteiger partial charge is 0.494 e. The molecule has 3 aromatic rings. The summed E-state index contributed by atoms with van der Waals surface area (Å²) in [4.78, 5) is 36.3. The number of aryl methyl sites for hydroxylation is 1. The fourth-order valence-electron chi connectivity index (χ4n) is 5.36. The van der Waals surface area contributed by atoms with Gasteiger partial charge in [0.15, 0.2) is 0 Å². The summed E-state index contributed by atoms with van der Waals surface area (Å²) >= 11 is 1.53. The third-order valence-corrected chi connectivity index (χ3v) is 8.37. The Morgan fingerprint density at radius 3 is 2.36 bits per heavy atom. The summed E-state index contributed by atoms with van der Waals surface area (Å²) < 4.78 is 39.4. The molecule has 1 saturated heterocycles. The van der Waals surface area contributed by atoms with Crippen LogP contribution in [0.3, 0.4) is 0 Å². The van der Waals surface area contributed by atoms with Gasteiger partial charge in [0, 0.05) is 31.4 Å². The SMILES string of the molecule is O=C(O)CCCOc1cccc(CCCCCCOc2cc(C(=O)N3CCC(F)(F)C3)cc(-c3ccsc3)c2)c1CCC(=O)O. The Balaban J connectivity index is 1.29. The van der Waals surface area contributed by atoms with Crippen LogP contribution >= 0.6 is 11.3 Å². The number of halogens is 2. The van der Waals surface area contributed by atoms with Gasteiger partial charge in [0.05, 0.1) is 19.8 Å². The van der Waals surface area contributed by atoms with Crippen molar-refractivity contribution in [2.24, 2.45) is 0 Å². The van der Waals surface area contributed by atoms with Crippen LogP contribution in [0, 0.1) is 0 Å². The van der Waals surface area contributed by atoms with Crippen LogP contribution in [-0.2, 0) is 22.4 Å². The fourth-order valence-corrected chi connectivity index (χ4v) is 6.02. The Morgan fingerprint density at radius 1 is 0.867 bits per heavy atom. The smallest absolute Gasteiger partial charge is 0.303 e. The Kier molecular flexibility index (Phi) is 12.3. The van der Waals surface area contributed by atoms with Crippen LogP contribution in [0.5, 0.6) is 11.5 Å². The van der Waals surface area contributed by atoms with Gasteiger partial charge in [0.1, 0.15) is 11.5 Å². The zero-order valence-corrected chi connectivity index (χ0v) is 26.0. The molecular weight excluding hydrogens is 604 g/mol. The van der Waals surface area contributed by atoms with E-state index >= 15 is 0 Å². The highest BCUT2D eigenvalue weighted by molar-refractivity contribution is 7.08. The summed E-state index contributed by atoms with van der Waals surface area (Å²) in [5, 5.41) is 22.0. The van der Waals surface area contributed by atoms with E-state index < -0.39 is 30.3 Å². The molecule has 4 rings (SSSR count). The van der Waals surface area contributed by atoms with Crippen molar-refractivity contribution >= 4 is 29.2 Å². The first-order chi connectivity index (χ1) is 21.6. The third-order valence-electron chi connectivity index (χ3n) is 7.69. The van der Waals surface area contributed by atoms with Crippen molar-refractivity contribution in [3.8, 4) is 22.6 Å². The molecule has 0 spiro atoms. The normalized spacial score (nSPS) is 14.0. The van der Waals surface area contributed by atoms with Crippen LogP contribution in [0.1, 0.15) is 72.9 Å². The minimum atomic E-state index is -2.86. The van der Waals surface area contributed by atoms with E-state index in [9.17, 15) is 28.3 Å². The monoisotopic (exact) mass is 643 g/mol. The Morgan fingerprint density at radius 2 is 1.64 bits per heavy atom. The molecule has 11 heteroatoms. The molecular formula is C34H39F2NO7S. The van der Waals surface area contributed by atoms with Crippen LogP contribution in [0.4, 0.5) is 8.78 Å². The van der Waals surface area contributed by atoms with Gasteiger partial charge in [0.25, 0.3) is 11.8 Å². The summed E-state index contributed by atoms with van der Waals surface area (Å²) in [7, 11) is 0. The van der Waals surface area contributed by atoms with Crippen LogP contribution in [0.15, 0.2) is 53.2 Å². The fraction of sp³-hybridized carbons (Fsp3) is 0.441. The second kappa shape index (κ2) is 16.4. The maximum atomic E-state index is 13.8. The number of unbranched alkanes of at least 4 members (excludes halogenated alkanes) is 3. The van der Waals surface area contributed by atoms with Crippen molar-refractivity contribution in [2.45, 2.75) is 70.1 Å². The van der Waals surface area contributed by atoms with Crippen LogP contribution in [-0.4, -0.2) is 65.2 Å². The summed E-state index contributed by atoms with van der Waals surface area (Å²) in [5.41, 5.74) is 3.95. The molecule has 8 nitrogen and oxygen atoms in total. The number of nitrogens with zero attached hydrogens (tertiary/aromatic N) is 1. The van der Waals surface area contributed by atoms with Gasteiger partial charge in [-0.2, -0.15) is 11.3 Å². The average molecular weight is 644 g/mol. The number of amides is 1. The van der Waals surface area contributed by atoms with Gasteiger partial charge in [-0.05, 0) is 95.4 Å². The van der Waals surface area contributed by atoms with E-state index in [1.165, 1.54) is 16.2 Å². The van der Waals surface area contributed by atoms with Crippen molar-refractivity contribution < 1.29 is 42.9 Å². The van der Waals surface area contributed by atoms with E-state index in [-0.39, 0.29) is 32.4 Å². The number of carbonyl (C=O) groups is 3. The predicted octanol–water partition coefficient (Wildman–Crippen LogP) is 7.34. The second-order valence-corrected chi connectivity index (χ2v) is 12.0. The number of carboxylic acids is 2. The molecule has 2 aromatic carbocycles.